The first-order valence-electron chi connectivity index (χ1n) is 8.17. The van der Waals surface area contributed by atoms with E-state index in [0.29, 0.717) is 17.9 Å². The Labute approximate surface area is 147 Å². The summed E-state index contributed by atoms with van der Waals surface area (Å²) in [5, 5.41) is 0. The van der Waals surface area contributed by atoms with Gasteiger partial charge in [-0.3, -0.25) is 4.79 Å². The average molecular weight is 332 g/mol. The minimum absolute atomic E-state index is 0.344. The molecule has 0 N–H and O–H groups in total. The van der Waals surface area contributed by atoms with Crippen molar-refractivity contribution in [3.05, 3.63) is 95.1 Å². The van der Waals surface area contributed by atoms with Crippen LogP contribution in [-0.4, -0.2) is 13.4 Å². The van der Waals surface area contributed by atoms with Gasteiger partial charge in [0.05, 0.1) is 7.11 Å². The fourth-order valence-corrected chi connectivity index (χ4v) is 2.75. The van der Waals surface area contributed by atoms with Crippen LogP contribution < -0.4 is 9.47 Å². The highest BCUT2D eigenvalue weighted by atomic mass is 16.5. The van der Waals surface area contributed by atoms with Crippen molar-refractivity contribution in [3.63, 3.8) is 0 Å². The van der Waals surface area contributed by atoms with Crippen LogP contribution in [0.4, 0.5) is 0 Å². The summed E-state index contributed by atoms with van der Waals surface area (Å²) in [7, 11) is 1.61. The smallest absolute Gasteiger partial charge is 0.150 e. The summed E-state index contributed by atoms with van der Waals surface area (Å²) in [6, 6.07) is 23.6. The quantitative estimate of drug-likeness (QED) is 0.589. The van der Waals surface area contributed by atoms with E-state index in [2.05, 4.69) is 18.2 Å². The van der Waals surface area contributed by atoms with Crippen LogP contribution >= 0.6 is 0 Å². The number of benzene rings is 3. The number of hydrogen-bond acceptors (Lipinski definition) is 3. The molecule has 0 bridgehead atoms. The average Bonchev–Trinajstić information content (AvgIpc) is 2.68. The standard InChI is InChI=1S/C22H20O3/c1-24-21-12-11-18(15-23)14-20(21)16-25-22-10-6-5-9-19(22)13-17-7-3-2-4-8-17/h2-12,14-15H,13,16H2,1H3. The SMILES string of the molecule is COc1ccc(C=O)cc1COc1ccccc1Cc1ccccc1. The first kappa shape index (κ1) is 16.8. The molecule has 25 heavy (non-hydrogen) atoms. The lowest BCUT2D eigenvalue weighted by molar-refractivity contribution is 0.112. The Hall–Kier alpha value is -3.07. The molecule has 0 unspecified atom stereocenters. The molecule has 0 aliphatic carbocycles. The number of carbonyl (C=O) groups excluding carboxylic acids is 1. The van der Waals surface area contributed by atoms with Gasteiger partial charge in [0.1, 0.15) is 24.4 Å². The summed E-state index contributed by atoms with van der Waals surface area (Å²) in [6.07, 6.45) is 1.63. The fraction of sp³-hybridized carbons (Fsp3) is 0.136. The third kappa shape index (κ3) is 4.27. The van der Waals surface area contributed by atoms with E-state index in [-0.39, 0.29) is 0 Å². The second kappa shape index (κ2) is 8.15. The number of ether oxygens (including phenoxy) is 2. The third-order valence-electron chi connectivity index (χ3n) is 4.03. The van der Waals surface area contributed by atoms with Crippen molar-refractivity contribution < 1.29 is 14.3 Å². The number of hydrogen-bond donors (Lipinski definition) is 0. The van der Waals surface area contributed by atoms with Gasteiger partial charge in [0, 0.05) is 17.5 Å². The highest BCUT2D eigenvalue weighted by molar-refractivity contribution is 5.75. The Morgan fingerprint density at radius 2 is 1.60 bits per heavy atom. The molecule has 3 heteroatoms. The van der Waals surface area contributed by atoms with Crippen LogP contribution in [-0.2, 0) is 13.0 Å². The maximum atomic E-state index is 11.0. The second-order valence-corrected chi connectivity index (χ2v) is 5.75. The minimum atomic E-state index is 0.344. The summed E-state index contributed by atoms with van der Waals surface area (Å²) in [6.45, 7) is 0.344. The van der Waals surface area contributed by atoms with Gasteiger partial charge in [0.25, 0.3) is 0 Å². The molecule has 3 aromatic carbocycles. The van der Waals surface area contributed by atoms with Gasteiger partial charge in [0.2, 0.25) is 0 Å². The van der Waals surface area contributed by atoms with Gasteiger partial charge in [-0.15, -0.1) is 0 Å². The topological polar surface area (TPSA) is 35.5 Å². The first-order chi connectivity index (χ1) is 12.3. The number of aldehydes is 1. The van der Waals surface area contributed by atoms with Crippen LogP contribution in [0.2, 0.25) is 0 Å². The van der Waals surface area contributed by atoms with E-state index >= 15 is 0 Å². The summed E-state index contributed by atoms with van der Waals surface area (Å²) >= 11 is 0. The molecule has 0 aromatic heterocycles. The van der Waals surface area contributed by atoms with Gasteiger partial charge < -0.3 is 9.47 Å². The zero-order valence-electron chi connectivity index (χ0n) is 14.1. The minimum Gasteiger partial charge on any atom is -0.496 e. The summed E-state index contributed by atoms with van der Waals surface area (Å²) in [4.78, 5) is 11.0. The van der Waals surface area contributed by atoms with Gasteiger partial charge in [-0.25, -0.2) is 0 Å². The molecule has 3 aromatic rings. The van der Waals surface area contributed by atoms with Gasteiger partial charge in [-0.1, -0.05) is 48.5 Å². The second-order valence-electron chi connectivity index (χ2n) is 5.75. The predicted octanol–water partition coefficient (Wildman–Crippen LogP) is 4.68. The molecular weight excluding hydrogens is 312 g/mol. The molecule has 0 saturated heterocycles. The van der Waals surface area contributed by atoms with Crippen molar-refractivity contribution in [2.45, 2.75) is 13.0 Å². The number of carbonyl (C=O) groups is 1. The monoisotopic (exact) mass is 332 g/mol. The van der Waals surface area contributed by atoms with Gasteiger partial charge in [-0.2, -0.15) is 0 Å². The lowest BCUT2D eigenvalue weighted by Gasteiger charge is -2.14. The zero-order chi connectivity index (χ0) is 17.5. The largest absolute Gasteiger partial charge is 0.496 e. The van der Waals surface area contributed by atoms with E-state index in [9.17, 15) is 4.79 Å². The van der Waals surface area contributed by atoms with E-state index < -0.39 is 0 Å². The number of para-hydroxylation sites is 1. The van der Waals surface area contributed by atoms with Gasteiger partial charge in [0.15, 0.2) is 0 Å². The Morgan fingerprint density at radius 3 is 2.36 bits per heavy atom. The van der Waals surface area contributed by atoms with Crippen LogP contribution in [0.3, 0.4) is 0 Å². The number of rotatable bonds is 7. The van der Waals surface area contributed by atoms with Crippen LogP contribution in [0, 0.1) is 0 Å². The van der Waals surface area contributed by atoms with E-state index in [1.165, 1.54) is 5.56 Å². The normalized spacial score (nSPS) is 10.3. The molecule has 0 saturated carbocycles. The zero-order valence-corrected chi connectivity index (χ0v) is 14.1. The molecule has 0 fully saturated rings. The van der Waals surface area contributed by atoms with Gasteiger partial charge >= 0.3 is 0 Å². The molecule has 0 amide bonds. The lowest BCUT2D eigenvalue weighted by atomic mass is 10.0. The molecule has 0 aliphatic heterocycles. The molecule has 0 radical (unpaired) electrons. The summed E-state index contributed by atoms with van der Waals surface area (Å²) < 4.78 is 11.4. The van der Waals surface area contributed by atoms with Crippen molar-refractivity contribution in [3.8, 4) is 11.5 Å². The van der Waals surface area contributed by atoms with Gasteiger partial charge in [-0.05, 0) is 35.4 Å². The molecule has 0 aliphatic rings. The van der Waals surface area contributed by atoms with Crippen molar-refractivity contribution >= 4 is 6.29 Å². The van der Waals surface area contributed by atoms with E-state index in [4.69, 9.17) is 9.47 Å². The molecule has 0 spiro atoms. The Bertz CT molecular complexity index is 841. The third-order valence-corrected chi connectivity index (χ3v) is 4.03. The highest BCUT2D eigenvalue weighted by Gasteiger charge is 2.08. The lowest BCUT2D eigenvalue weighted by Crippen LogP contribution is -2.02. The molecule has 0 heterocycles. The van der Waals surface area contributed by atoms with Crippen molar-refractivity contribution in [1.82, 2.24) is 0 Å². The molecule has 0 atom stereocenters. The maximum absolute atomic E-state index is 11.0. The van der Waals surface area contributed by atoms with Crippen LogP contribution in [0.15, 0.2) is 72.8 Å². The van der Waals surface area contributed by atoms with Crippen LogP contribution in [0.5, 0.6) is 11.5 Å². The van der Waals surface area contributed by atoms with Crippen molar-refractivity contribution in [2.24, 2.45) is 0 Å². The summed E-state index contributed by atoms with van der Waals surface area (Å²) in [5.41, 5.74) is 3.82. The Balaban J connectivity index is 1.79. The summed E-state index contributed by atoms with van der Waals surface area (Å²) in [5.74, 6) is 1.55. The van der Waals surface area contributed by atoms with Crippen LogP contribution in [0.1, 0.15) is 27.0 Å². The predicted molar refractivity (Wildman–Crippen MR) is 98.4 cm³/mol. The van der Waals surface area contributed by atoms with E-state index in [1.807, 2.05) is 36.4 Å². The number of methoxy groups -OCH3 is 1. The van der Waals surface area contributed by atoms with Crippen LogP contribution in [0.25, 0.3) is 0 Å². The molecule has 3 nitrogen and oxygen atoms in total. The first-order valence-corrected chi connectivity index (χ1v) is 8.17. The Kier molecular flexibility index (Phi) is 5.47. The molecule has 126 valence electrons. The highest BCUT2D eigenvalue weighted by Crippen LogP contribution is 2.25. The van der Waals surface area contributed by atoms with E-state index in [1.54, 1.807) is 25.3 Å². The molecule has 3 rings (SSSR count). The van der Waals surface area contributed by atoms with Crippen molar-refractivity contribution in [1.29, 1.82) is 0 Å². The maximum Gasteiger partial charge on any atom is 0.150 e. The fourth-order valence-electron chi connectivity index (χ4n) is 2.75. The Morgan fingerprint density at radius 1 is 0.840 bits per heavy atom. The van der Waals surface area contributed by atoms with Crippen molar-refractivity contribution in [2.75, 3.05) is 7.11 Å². The van der Waals surface area contributed by atoms with E-state index in [0.717, 1.165) is 29.6 Å². The molecular formula is C22H20O3.